The van der Waals surface area contributed by atoms with Crippen LogP contribution in [0.25, 0.3) is 0 Å². The second-order valence-electron chi connectivity index (χ2n) is 4.49. The van der Waals surface area contributed by atoms with Crippen molar-refractivity contribution in [2.45, 2.75) is 6.92 Å². The van der Waals surface area contributed by atoms with Crippen LogP contribution in [0.1, 0.15) is 12.5 Å². The van der Waals surface area contributed by atoms with Crippen LogP contribution in [0.5, 0.6) is 5.75 Å². The van der Waals surface area contributed by atoms with E-state index in [9.17, 15) is 5.11 Å². The number of rotatable bonds is 7. The number of phenolic OH excluding ortho intramolecular Hbond substituents is 1. The Hall–Kier alpha value is -2.32. The molecule has 7 nitrogen and oxygen atoms in total. The van der Waals surface area contributed by atoms with Crippen LogP contribution < -0.4 is 16.1 Å². The molecule has 5 N–H and O–H groups in total. The molecule has 1 aromatic heterocycles. The van der Waals surface area contributed by atoms with Crippen molar-refractivity contribution in [1.29, 1.82) is 0 Å². The summed E-state index contributed by atoms with van der Waals surface area (Å²) < 4.78 is 0. The number of nitrogens with one attached hydrogen (secondary N) is 1. The van der Waals surface area contributed by atoms with Crippen molar-refractivity contribution in [3.63, 3.8) is 0 Å². The van der Waals surface area contributed by atoms with E-state index in [1.807, 2.05) is 17.9 Å². The lowest BCUT2D eigenvalue weighted by Gasteiger charge is -2.22. The van der Waals surface area contributed by atoms with Gasteiger partial charge in [-0.3, -0.25) is 5.43 Å². The van der Waals surface area contributed by atoms with E-state index in [4.69, 9.17) is 10.8 Å². The van der Waals surface area contributed by atoms with E-state index in [2.05, 4.69) is 15.5 Å². The molecule has 2 aromatic rings. The molecule has 0 atom stereocenters. The summed E-state index contributed by atoms with van der Waals surface area (Å²) in [6.45, 7) is 3.33. The van der Waals surface area contributed by atoms with Gasteiger partial charge in [-0.05, 0) is 19.1 Å². The first-order chi connectivity index (χ1) is 10.6. The number of hydrazone groups is 1. The molecule has 1 aromatic carbocycles. The lowest BCUT2D eigenvalue weighted by molar-refractivity contribution is 0.302. The molecule has 0 radical (unpaired) electrons. The number of aromatic nitrogens is 1. The van der Waals surface area contributed by atoms with Crippen LogP contribution in [-0.4, -0.2) is 41.1 Å². The van der Waals surface area contributed by atoms with E-state index in [0.29, 0.717) is 23.1 Å². The average Bonchev–Trinajstić information content (AvgIpc) is 2.92. The minimum Gasteiger partial charge on any atom is -0.507 e. The minimum absolute atomic E-state index is 0.0681. The molecule has 2 rings (SSSR count). The molecule has 0 amide bonds. The molecule has 1 heterocycles. The maximum absolute atomic E-state index is 10.1. The Morgan fingerprint density at radius 1 is 1.50 bits per heavy atom. The molecule has 0 aliphatic heterocycles. The number of nitrogens with two attached hydrogens (primary N) is 1. The Morgan fingerprint density at radius 2 is 2.32 bits per heavy atom. The Labute approximate surface area is 132 Å². The number of aromatic hydroxyl groups is 1. The van der Waals surface area contributed by atoms with Crippen LogP contribution in [0.15, 0.2) is 28.7 Å². The number of thiazole rings is 1. The number of benzene rings is 1. The second-order valence-corrected chi connectivity index (χ2v) is 5.35. The molecule has 8 heteroatoms. The fourth-order valence-electron chi connectivity index (χ4n) is 1.92. The molecule has 22 heavy (non-hydrogen) atoms. The van der Waals surface area contributed by atoms with Crippen LogP contribution in [0.2, 0.25) is 0 Å². The Morgan fingerprint density at radius 3 is 2.91 bits per heavy atom. The first-order valence-electron chi connectivity index (χ1n) is 6.83. The maximum Gasteiger partial charge on any atom is 0.205 e. The van der Waals surface area contributed by atoms with Crippen molar-refractivity contribution in [3.05, 3.63) is 29.1 Å². The van der Waals surface area contributed by atoms with Crippen LogP contribution >= 0.6 is 11.3 Å². The SMILES string of the molecule is CCN(CCO)c1ccc(C=NNc2nc(N)cs2)c(O)c1. The lowest BCUT2D eigenvalue weighted by atomic mass is 10.2. The standard InChI is InChI=1S/C14H19N5O2S/c1-2-19(5-6-20)11-4-3-10(12(21)7-11)8-16-18-14-17-13(15)9-22-14/h3-4,7-9,20-21H,2,5-6,15H2,1H3,(H,17,18). The van der Waals surface area contributed by atoms with Gasteiger partial charge in [0.05, 0.1) is 12.8 Å². The van der Waals surface area contributed by atoms with E-state index < -0.39 is 0 Å². The molecule has 0 aliphatic carbocycles. The quantitative estimate of drug-likeness (QED) is 0.457. The number of likely N-dealkylation sites (N-methyl/N-ethyl adjacent to an activating group) is 1. The fraction of sp³-hybridized carbons (Fsp3) is 0.286. The molecule has 118 valence electrons. The highest BCUT2D eigenvalue weighted by Gasteiger charge is 2.06. The third-order valence-electron chi connectivity index (χ3n) is 3.02. The van der Waals surface area contributed by atoms with Crippen molar-refractivity contribution in [2.24, 2.45) is 5.10 Å². The largest absolute Gasteiger partial charge is 0.507 e. The van der Waals surface area contributed by atoms with Crippen molar-refractivity contribution in [2.75, 3.05) is 35.8 Å². The number of anilines is 3. The van der Waals surface area contributed by atoms with Gasteiger partial charge in [0.2, 0.25) is 5.13 Å². The monoisotopic (exact) mass is 321 g/mol. The fourth-order valence-corrected chi connectivity index (χ4v) is 2.47. The molecule has 0 aliphatic rings. The molecule has 0 bridgehead atoms. The van der Waals surface area contributed by atoms with Gasteiger partial charge in [0.25, 0.3) is 0 Å². The van der Waals surface area contributed by atoms with Gasteiger partial charge in [-0.1, -0.05) is 0 Å². The van der Waals surface area contributed by atoms with Crippen molar-refractivity contribution < 1.29 is 10.2 Å². The zero-order chi connectivity index (χ0) is 15.9. The van der Waals surface area contributed by atoms with Gasteiger partial charge in [-0.2, -0.15) is 5.10 Å². The summed E-state index contributed by atoms with van der Waals surface area (Å²) in [5.41, 5.74) is 9.70. The number of nitrogen functional groups attached to an aromatic ring is 1. The zero-order valence-corrected chi connectivity index (χ0v) is 13.0. The van der Waals surface area contributed by atoms with E-state index in [-0.39, 0.29) is 12.4 Å². The molecule has 0 fully saturated rings. The predicted molar refractivity (Wildman–Crippen MR) is 90.8 cm³/mol. The lowest BCUT2D eigenvalue weighted by Crippen LogP contribution is -2.26. The first kappa shape index (κ1) is 16.1. The number of hydrogen-bond donors (Lipinski definition) is 4. The molecular formula is C14H19N5O2S. The highest BCUT2D eigenvalue weighted by Crippen LogP contribution is 2.23. The average molecular weight is 321 g/mol. The van der Waals surface area contributed by atoms with E-state index in [1.165, 1.54) is 17.6 Å². The van der Waals surface area contributed by atoms with Crippen molar-refractivity contribution in [3.8, 4) is 5.75 Å². The molecule has 0 saturated heterocycles. The van der Waals surface area contributed by atoms with Crippen LogP contribution in [0.3, 0.4) is 0 Å². The summed E-state index contributed by atoms with van der Waals surface area (Å²) in [4.78, 5) is 5.98. The van der Waals surface area contributed by atoms with Crippen LogP contribution in [-0.2, 0) is 0 Å². The highest BCUT2D eigenvalue weighted by atomic mass is 32.1. The second kappa shape index (κ2) is 7.62. The van der Waals surface area contributed by atoms with Crippen LogP contribution in [0.4, 0.5) is 16.6 Å². The first-order valence-corrected chi connectivity index (χ1v) is 7.71. The van der Waals surface area contributed by atoms with Gasteiger partial charge in [0.15, 0.2) is 0 Å². The summed E-state index contributed by atoms with van der Waals surface area (Å²) in [5, 5.41) is 25.4. The minimum atomic E-state index is 0.0681. The van der Waals surface area contributed by atoms with E-state index in [1.54, 1.807) is 17.5 Å². The number of aliphatic hydroxyl groups excluding tert-OH is 1. The van der Waals surface area contributed by atoms with Crippen molar-refractivity contribution >= 4 is 34.2 Å². The van der Waals surface area contributed by atoms with Crippen LogP contribution in [0, 0.1) is 0 Å². The van der Waals surface area contributed by atoms with E-state index >= 15 is 0 Å². The number of nitrogens with zero attached hydrogens (tertiary/aromatic N) is 3. The smallest absolute Gasteiger partial charge is 0.205 e. The molecular weight excluding hydrogens is 302 g/mol. The van der Waals surface area contributed by atoms with Crippen molar-refractivity contribution in [1.82, 2.24) is 4.98 Å². The maximum atomic E-state index is 10.1. The Balaban J connectivity index is 2.05. The summed E-state index contributed by atoms with van der Waals surface area (Å²) in [5.74, 6) is 0.566. The summed E-state index contributed by atoms with van der Waals surface area (Å²) in [6.07, 6.45) is 1.51. The molecule has 0 saturated carbocycles. The summed E-state index contributed by atoms with van der Waals surface area (Å²) >= 11 is 1.35. The third-order valence-corrected chi connectivity index (χ3v) is 3.78. The number of hydrogen-bond acceptors (Lipinski definition) is 8. The highest BCUT2D eigenvalue weighted by molar-refractivity contribution is 7.14. The van der Waals surface area contributed by atoms with Gasteiger partial charge in [-0.15, -0.1) is 11.3 Å². The van der Waals surface area contributed by atoms with Gasteiger partial charge in [0, 0.05) is 35.8 Å². The number of phenols is 1. The third kappa shape index (κ3) is 4.09. The summed E-state index contributed by atoms with van der Waals surface area (Å²) in [6, 6.07) is 5.30. The number of aliphatic hydroxyl groups is 1. The molecule has 0 spiro atoms. The predicted octanol–water partition coefficient (Wildman–Crippen LogP) is 1.70. The van der Waals surface area contributed by atoms with Gasteiger partial charge in [-0.25, -0.2) is 4.98 Å². The topological polar surface area (TPSA) is 107 Å². The van der Waals surface area contributed by atoms with Gasteiger partial charge >= 0.3 is 0 Å². The normalized spacial score (nSPS) is 11.0. The van der Waals surface area contributed by atoms with E-state index in [0.717, 1.165) is 12.2 Å². The van der Waals surface area contributed by atoms with Gasteiger partial charge in [0.1, 0.15) is 11.6 Å². The molecule has 0 unspecified atom stereocenters. The van der Waals surface area contributed by atoms with Gasteiger partial charge < -0.3 is 20.8 Å². The Kier molecular flexibility index (Phi) is 5.56. The Bertz CT molecular complexity index is 644. The zero-order valence-electron chi connectivity index (χ0n) is 12.2. The summed E-state index contributed by atoms with van der Waals surface area (Å²) in [7, 11) is 0.